The maximum Gasteiger partial charge on any atom is 0.339 e. The monoisotopic (exact) mass is 451 g/mol. The van der Waals surface area contributed by atoms with Crippen molar-refractivity contribution in [2.75, 3.05) is 13.2 Å². The first-order valence-electron chi connectivity index (χ1n) is 8.73. The smallest absolute Gasteiger partial charge is 0.339 e. The first-order chi connectivity index (χ1) is 14.0. The van der Waals surface area contributed by atoms with Crippen molar-refractivity contribution in [1.82, 2.24) is 14.9 Å². The van der Waals surface area contributed by atoms with Crippen LogP contribution in [0.25, 0.3) is 5.65 Å². The Bertz CT molecular complexity index is 1120. The number of nitrogens with zero attached hydrogens (tertiary/aromatic N) is 3. The molecular formula is C19H17Cl2N4O3S+. The first kappa shape index (κ1) is 19.9. The van der Waals surface area contributed by atoms with Crippen LogP contribution in [-0.4, -0.2) is 39.2 Å². The summed E-state index contributed by atoms with van der Waals surface area (Å²) in [6.07, 6.45) is 8.74. The zero-order chi connectivity index (χ0) is 20.4. The summed E-state index contributed by atoms with van der Waals surface area (Å²) in [5.74, 6) is -0.464. The van der Waals surface area contributed by atoms with Gasteiger partial charge in [0.25, 0.3) is 11.3 Å². The van der Waals surface area contributed by atoms with Gasteiger partial charge in [0.2, 0.25) is 5.78 Å². The summed E-state index contributed by atoms with van der Waals surface area (Å²) in [5, 5.41) is 13.6. The average molecular weight is 452 g/mol. The van der Waals surface area contributed by atoms with Crippen LogP contribution in [0.5, 0.6) is 5.88 Å². The summed E-state index contributed by atoms with van der Waals surface area (Å²) in [5.41, 5.74) is 1.41. The van der Waals surface area contributed by atoms with Crippen LogP contribution in [0.3, 0.4) is 0 Å². The molecule has 3 aromatic rings. The molecule has 1 atom stereocenters. The second-order valence-electron chi connectivity index (χ2n) is 6.33. The number of hydrogen-bond donors (Lipinski definition) is 2. The molecule has 0 spiro atoms. The molecule has 29 heavy (non-hydrogen) atoms. The van der Waals surface area contributed by atoms with Crippen molar-refractivity contribution >= 4 is 46.0 Å². The maximum atomic E-state index is 12.9. The van der Waals surface area contributed by atoms with E-state index in [0.29, 0.717) is 16.7 Å². The molecule has 0 aliphatic carbocycles. The van der Waals surface area contributed by atoms with Gasteiger partial charge in [-0.3, -0.25) is 4.79 Å². The summed E-state index contributed by atoms with van der Waals surface area (Å²) in [6.45, 7) is 0.415. The third kappa shape index (κ3) is 4.30. The number of fused-ring (bicyclic) bond motifs is 1. The number of halogens is 2. The van der Waals surface area contributed by atoms with Gasteiger partial charge in [0.15, 0.2) is 4.47 Å². The number of ketones is 1. The molecule has 0 amide bonds. The van der Waals surface area contributed by atoms with Crippen LogP contribution in [0.4, 0.5) is 0 Å². The van der Waals surface area contributed by atoms with Crippen molar-refractivity contribution in [2.24, 2.45) is 0 Å². The number of pyridine rings is 1. The van der Waals surface area contributed by atoms with Crippen molar-refractivity contribution in [3.63, 3.8) is 0 Å². The SMILES string of the molecule is O=C(COCC1=CC(Cl)NC=C1)c1c(O)[n+]2ccccc2n1Cc1cnc(Cl)s1. The minimum absolute atomic E-state index is 0.133. The Morgan fingerprint density at radius 2 is 2.31 bits per heavy atom. The van der Waals surface area contributed by atoms with Gasteiger partial charge in [-0.05, 0) is 30.0 Å². The van der Waals surface area contributed by atoms with Crippen LogP contribution >= 0.6 is 34.5 Å². The lowest BCUT2D eigenvalue weighted by Gasteiger charge is -2.13. The van der Waals surface area contributed by atoms with Gasteiger partial charge >= 0.3 is 5.88 Å². The van der Waals surface area contributed by atoms with Crippen molar-refractivity contribution in [1.29, 1.82) is 0 Å². The van der Waals surface area contributed by atoms with Crippen molar-refractivity contribution in [3.8, 4) is 5.88 Å². The number of rotatable bonds is 7. The number of carbonyl (C=O) groups is 1. The van der Waals surface area contributed by atoms with E-state index in [0.717, 1.165) is 10.5 Å². The highest BCUT2D eigenvalue weighted by Gasteiger charge is 2.31. The van der Waals surface area contributed by atoms with Crippen LogP contribution in [0.2, 0.25) is 4.47 Å². The number of imidazole rings is 1. The van der Waals surface area contributed by atoms with Crippen molar-refractivity contribution in [2.45, 2.75) is 12.0 Å². The van der Waals surface area contributed by atoms with E-state index in [4.69, 9.17) is 27.9 Å². The normalized spacial score (nSPS) is 16.1. The molecule has 0 bridgehead atoms. The van der Waals surface area contributed by atoms with Crippen LogP contribution < -0.4 is 9.72 Å². The maximum absolute atomic E-state index is 12.9. The molecular weight excluding hydrogens is 435 g/mol. The molecule has 1 aliphatic rings. The Balaban J connectivity index is 1.58. The molecule has 2 N–H and O–H groups in total. The van der Waals surface area contributed by atoms with Gasteiger partial charge in [-0.15, -0.1) is 11.3 Å². The minimum atomic E-state index is -0.331. The van der Waals surface area contributed by atoms with E-state index in [9.17, 15) is 9.90 Å². The van der Waals surface area contributed by atoms with Gasteiger partial charge in [-0.25, -0.2) is 9.55 Å². The van der Waals surface area contributed by atoms with E-state index in [1.165, 1.54) is 11.3 Å². The lowest BCUT2D eigenvalue weighted by molar-refractivity contribution is -0.521. The fourth-order valence-corrected chi connectivity index (χ4v) is 4.30. The number of Topliss-reactive ketones (excluding diaryl/α,β-unsaturated/α-hetero) is 1. The topological polar surface area (TPSA) is 80.5 Å². The average Bonchev–Trinajstić information content (AvgIpc) is 3.23. The van der Waals surface area contributed by atoms with Crippen molar-refractivity contribution in [3.05, 3.63) is 69.6 Å². The van der Waals surface area contributed by atoms with Crippen LogP contribution in [0, 0.1) is 0 Å². The molecule has 3 aromatic heterocycles. The Kier molecular flexibility index (Phi) is 5.86. The molecule has 0 saturated heterocycles. The number of alkyl halides is 1. The Morgan fingerprint density at radius 1 is 1.45 bits per heavy atom. The van der Waals surface area contributed by atoms with E-state index < -0.39 is 0 Å². The standard InChI is InChI=1S/C19H16Cl2N4O3S/c20-15-7-12(4-5-22-15)10-28-11-14(26)17-18(27)24-6-2-1-3-16(24)25(17)9-13-8-23-19(21)29-13/h1-8,15,22H,9-11H2/p+1. The molecule has 0 fully saturated rings. The number of hydrogen-bond acceptors (Lipinski definition) is 6. The molecule has 1 aliphatic heterocycles. The third-order valence-corrected chi connectivity index (χ3v) is 5.69. The lowest BCUT2D eigenvalue weighted by Crippen LogP contribution is -2.20. The number of thiazole rings is 1. The summed E-state index contributed by atoms with van der Waals surface area (Å²) in [6, 6.07) is 5.45. The third-order valence-electron chi connectivity index (χ3n) is 4.34. The first-order valence-corrected chi connectivity index (χ1v) is 10.4. The molecule has 0 aromatic carbocycles. The van der Waals surface area contributed by atoms with Gasteiger partial charge < -0.3 is 15.2 Å². The van der Waals surface area contributed by atoms with Crippen LogP contribution in [0.15, 0.2) is 54.5 Å². The number of nitrogens with one attached hydrogen (secondary N) is 1. The van der Waals surface area contributed by atoms with Gasteiger partial charge in [0, 0.05) is 12.3 Å². The highest BCUT2D eigenvalue weighted by Crippen LogP contribution is 2.24. The Labute approximate surface area is 180 Å². The van der Waals surface area contributed by atoms with Gasteiger partial charge in [-0.1, -0.05) is 29.3 Å². The molecule has 0 radical (unpaired) electrons. The highest BCUT2D eigenvalue weighted by molar-refractivity contribution is 7.15. The van der Waals surface area contributed by atoms with E-state index in [-0.39, 0.29) is 36.1 Å². The van der Waals surface area contributed by atoms with Gasteiger partial charge in [0.1, 0.15) is 18.7 Å². The Hall–Kier alpha value is -2.39. The summed E-state index contributed by atoms with van der Waals surface area (Å²) in [7, 11) is 0. The Morgan fingerprint density at radius 3 is 3.07 bits per heavy atom. The quantitative estimate of drug-likeness (QED) is 0.250. The molecule has 7 nitrogen and oxygen atoms in total. The number of carbonyl (C=O) groups excluding carboxylic acids is 1. The highest BCUT2D eigenvalue weighted by atomic mass is 35.5. The predicted octanol–water partition coefficient (Wildman–Crippen LogP) is 2.90. The molecule has 4 heterocycles. The number of aromatic hydroxyl groups is 1. The summed E-state index contributed by atoms with van der Waals surface area (Å²) >= 11 is 13.3. The number of aromatic nitrogens is 3. The fraction of sp³-hybridized carbons (Fsp3) is 0.211. The summed E-state index contributed by atoms with van der Waals surface area (Å²) in [4.78, 5) is 17.8. The number of dihydropyridines is 1. The molecule has 1 unspecified atom stereocenters. The fourth-order valence-electron chi connectivity index (χ4n) is 3.10. The van der Waals surface area contributed by atoms with Gasteiger partial charge in [0.05, 0.1) is 17.7 Å². The summed E-state index contributed by atoms with van der Waals surface area (Å²) < 4.78 is 9.30. The van der Waals surface area contributed by atoms with Crippen LogP contribution in [0.1, 0.15) is 15.4 Å². The second-order valence-corrected chi connectivity index (χ2v) is 8.49. The van der Waals surface area contributed by atoms with E-state index >= 15 is 0 Å². The number of ether oxygens (including phenoxy) is 1. The predicted molar refractivity (Wildman–Crippen MR) is 111 cm³/mol. The van der Waals surface area contributed by atoms with Crippen LogP contribution in [-0.2, 0) is 11.3 Å². The second kappa shape index (κ2) is 8.54. The zero-order valence-corrected chi connectivity index (χ0v) is 17.4. The largest absolute Gasteiger partial charge is 0.474 e. The molecule has 150 valence electrons. The zero-order valence-electron chi connectivity index (χ0n) is 15.1. The minimum Gasteiger partial charge on any atom is -0.474 e. The van der Waals surface area contributed by atoms with E-state index in [2.05, 4.69) is 10.3 Å². The van der Waals surface area contributed by atoms with Crippen molar-refractivity contribution < 1.29 is 19.0 Å². The van der Waals surface area contributed by atoms with Gasteiger partial charge in [-0.2, -0.15) is 4.40 Å². The van der Waals surface area contributed by atoms with E-state index in [1.54, 1.807) is 33.6 Å². The molecule has 4 rings (SSSR count). The van der Waals surface area contributed by atoms with E-state index in [1.807, 2.05) is 24.3 Å². The molecule has 10 heteroatoms. The lowest BCUT2D eigenvalue weighted by atomic mass is 10.2. The molecule has 0 saturated carbocycles.